The fourth-order valence-corrected chi connectivity index (χ4v) is 4.74. The summed E-state index contributed by atoms with van der Waals surface area (Å²) >= 11 is 6.22. The lowest BCUT2D eigenvalue weighted by molar-refractivity contribution is 0.102. The van der Waals surface area contributed by atoms with Gasteiger partial charge in [-0.25, -0.2) is 4.79 Å². The van der Waals surface area contributed by atoms with Crippen molar-refractivity contribution in [1.29, 1.82) is 5.26 Å². The Labute approximate surface area is 212 Å². The molecule has 0 unspecified atom stereocenters. The molecule has 0 spiro atoms. The molecule has 1 aromatic heterocycles. The molecule has 0 bridgehead atoms. The molecule has 5 rings (SSSR count). The van der Waals surface area contributed by atoms with E-state index in [-0.39, 0.29) is 12.5 Å². The van der Waals surface area contributed by atoms with Gasteiger partial charge in [-0.3, -0.25) is 9.48 Å². The fourth-order valence-electron chi connectivity index (χ4n) is 4.55. The summed E-state index contributed by atoms with van der Waals surface area (Å²) in [7, 11) is 0. The van der Waals surface area contributed by atoms with Crippen LogP contribution in [0.5, 0.6) is 0 Å². The van der Waals surface area contributed by atoms with E-state index in [9.17, 15) is 14.9 Å². The molecule has 0 aliphatic carbocycles. The minimum Gasteiger partial charge on any atom is -0.378 e. The van der Waals surface area contributed by atoms with Crippen LogP contribution < -0.4 is 16.0 Å². The number of carbonyl (C=O) groups excluding carboxylic acids is 2. The van der Waals surface area contributed by atoms with Gasteiger partial charge in [0.15, 0.2) is 0 Å². The molecule has 0 radical (unpaired) electrons. The van der Waals surface area contributed by atoms with Crippen LogP contribution in [0, 0.1) is 11.3 Å². The van der Waals surface area contributed by atoms with E-state index in [0.717, 1.165) is 5.69 Å². The van der Waals surface area contributed by atoms with Crippen LogP contribution in [-0.4, -0.2) is 59.5 Å². The summed E-state index contributed by atoms with van der Waals surface area (Å²) in [6.07, 6.45) is 0. The van der Waals surface area contributed by atoms with E-state index < -0.39 is 6.03 Å². The van der Waals surface area contributed by atoms with Gasteiger partial charge in [-0.1, -0.05) is 23.7 Å². The van der Waals surface area contributed by atoms with E-state index in [4.69, 9.17) is 27.2 Å². The molecule has 3 aromatic rings. The number of halogens is 1. The fraction of sp³-hybridized carbons (Fsp3) is 0.280. The van der Waals surface area contributed by atoms with Crippen molar-refractivity contribution in [1.82, 2.24) is 14.7 Å². The number of benzene rings is 2. The van der Waals surface area contributed by atoms with Crippen molar-refractivity contribution in [2.75, 3.05) is 43.1 Å². The maximum atomic E-state index is 13.7. The van der Waals surface area contributed by atoms with E-state index in [1.807, 2.05) is 6.07 Å². The number of nitriles is 1. The third-order valence-corrected chi connectivity index (χ3v) is 6.58. The van der Waals surface area contributed by atoms with Crippen molar-refractivity contribution in [3.05, 3.63) is 64.3 Å². The van der Waals surface area contributed by atoms with Gasteiger partial charge in [0.2, 0.25) is 0 Å². The number of anilines is 2. The zero-order chi connectivity index (χ0) is 25.2. The number of hydrogen-bond donors (Lipinski definition) is 2. The summed E-state index contributed by atoms with van der Waals surface area (Å²) in [5.74, 6) is -0.379. The van der Waals surface area contributed by atoms with Crippen LogP contribution in [0.4, 0.5) is 16.2 Å². The topological polar surface area (TPSA) is 130 Å². The van der Waals surface area contributed by atoms with Gasteiger partial charge in [-0.15, -0.1) is 0 Å². The van der Waals surface area contributed by atoms with Crippen LogP contribution in [0.2, 0.25) is 5.02 Å². The lowest BCUT2D eigenvalue weighted by Gasteiger charge is -2.30. The number of aromatic nitrogens is 2. The molecule has 3 heterocycles. The summed E-state index contributed by atoms with van der Waals surface area (Å²) in [4.78, 5) is 29.1. The molecular formula is C25H24ClN7O3. The van der Waals surface area contributed by atoms with Crippen LogP contribution in [0.3, 0.4) is 0 Å². The molecule has 184 valence electrons. The molecule has 3 N–H and O–H groups in total. The summed E-state index contributed by atoms with van der Waals surface area (Å²) in [6.45, 7) is 3.44. The van der Waals surface area contributed by atoms with Crippen molar-refractivity contribution in [3.8, 4) is 17.3 Å². The average Bonchev–Trinajstić information content (AvgIpc) is 3.28. The average molecular weight is 506 g/mol. The highest BCUT2D eigenvalue weighted by Gasteiger charge is 2.30. The summed E-state index contributed by atoms with van der Waals surface area (Å²) in [6, 6.07) is 14.0. The molecule has 2 aliphatic rings. The van der Waals surface area contributed by atoms with Gasteiger partial charge >= 0.3 is 6.03 Å². The van der Waals surface area contributed by atoms with Crippen LogP contribution >= 0.6 is 11.6 Å². The van der Waals surface area contributed by atoms with Crippen LogP contribution in [-0.2, 0) is 17.8 Å². The van der Waals surface area contributed by atoms with E-state index in [0.29, 0.717) is 78.2 Å². The smallest absolute Gasteiger partial charge is 0.315 e. The minimum absolute atomic E-state index is 0.165. The Hall–Kier alpha value is -4.07. The summed E-state index contributed by atoms with van der Waals surface area (Å²) < 4.78 is 7.17. The molecule has 2 aliphatic heterocycles. The number of rotatable bonds is 4. The van der Waals surface area contributed by atoms with E-state index >= 15 is 0 Å². The number of amides is 3. The number of morpholine rings is 1. The van der Waals surface area contributed by atoms with Crippen molar-refractivity contribution in [2.24, 2.45) is 5.73 Å². The highest BCUT2D eigenvalue weighted by atomic mass is 35.5. The molecule has 3 amide bonds. The van der Waals surface area contributed by atoms with Crippen molar-refractivity contribution in [2.45, 2.75) is 13.1 Å². The lowest BCUT2D eigenvalue weighted by Crippen LogP contribution is -2.42. The number of nitrogens with two attached hydrogens (primary N) is 1. The zero-order valence-corrected chi connectivity index (χ0v) is 20.2. The van der Waals surface area contributed by atoms with Gasteiger partial charge in [0.05, 0.1) is 48.8 Å². The monoisotopic (exact) mass is 505 g/mol. The van der Waals surface area contributed by atoms with Gasteiger partial charge in [0, 0.05) is 35.9 Å². The van der Waals surface area contributed by atoms with Gasteiger partial charge in [0.25, 0.3) is 5.91 Å². The second-order valence-electron chi connectivity index (χ2n) is 8.56. The van der Waals surface area contributed by atoms with E-state index in [2.05, 4.69) is 16.3 Å². The number of nitrogens with one attached hydrogen (secondary N) is 1. The lowest BCUT2D eigenvalue weighted by atomic mass is 10.0. The first-order valence-corrected chi connectivity index (χ1v) is 11.9. The number of fused-ring (bicyclic) bond motifs is 1. The second-order valence-corrected chi connectivity index (χ2v) is 9.00. The number of primary amides is 1. The summed E-state index contributed by atoms with van der Waals surface area (Å²) in [5.41, 5.74) is 9.43. The van der Waals surface area contributed by atoms with Crippen molar-refractivity contribution in [3.63, 3.8) is 0 Å². The Bertz CT molecular complexity index is 1370. The first-order valence-electron chi connectivity index (χ1n) is 11.5. The van der Waals surface area contributed by atoms with E-state index in [1.165, 1.54) is 4.90 Å². The molecule has 0 atom stereocenters. The molecule has 1 fully saturated rings. The van der Waals surface area contributed by atoms with Crippen LogP contribution in [0.15, 0.2) is 42.5 Å². The maximum Gasteiger partial charge on any atom is 0.315 e. The Balaban J connectivity index is 1.53. The quantitative estimate of drug-likeness (QED) is 0.560. The molecule has 2 aromatic carbocycles. The number of nitrogens with zero attached hydrogens (tertiary/aromatic N) is 5. The van der Waals surface area contributed by atoms with Gasteiger partial charge in [0.1, 0.15) is 11.8 Å². The summed E-state index contributed by atoms with van der Waals surface area (Å²) in [5, 5.41) is 17.8. The first-order chi connectivity index (χ1) is 17.4. The molecule has 0 saturated carbocycles. The third kappa shape index (κ3) is 4.58. The van der Waals surface area contributed by atoms with Gasteiger partial charge < -0.3 is 25.6 Å². The number of urea groups is 1. The number of ether oxygens (including phenoxy) is 1. The number of hydrogen-bond acceptors (Lipinski definition) is 6. The molecule has 11 heteroatoms. The van der Waals surface area contributed by atoms with Crippen molar-refractivity contribution >= 4 is 34.9 Å². The third-order valence-electron chi connectivity index (χ3n) is 6.34. The Morgan fingerprint density at radius 1 is 1.11 bits per heavy atom. The SMILES string of the molecule is N#Cc1ccc(NC(=O)c2c(-c3cccc(Cl)c3)nn3c2CN(C(N)=O)CC3)cc1N1CCOCC1. The second kappa shape index (κ2) is 9.89. The number of carbonyl (C=O) groups is 2. The molecule has 1 saturated heterocycles. The normalized spacial score (nSPS) is 15.2. The molecule has 36 heavy (non-hydrogen) atoms. The van der Waals surface area contributed by atoms with Crippen LogP contribution in [0.25, 0.3) is 11.3 Å². The molecular weight excluding hydrogens is 482 g/mol. The first kappa shape index (κ1) is 23.7. The zero-order valence-electron chi connectivity index (χ0n) is 19.4. The van der Waals surface area contributed by atoms with Crippen molar-refractivity contribution < 1.29 is 14.3 Å². The Morgan fingerprint density at radius 2 is 1.92 bits per heavy atom. The Morgan fingerprint density at radius 3 is 2.64 bits per heavy atom. The van der Waals surface area contributed by atoms with Crippen LogP contribution in [0.1, 0.15) is 21.6 Å². The Kier molecular flexibility index (Phi) is 6.50. The predicted octanol–water partition coefficient (Wildman–Crippen LogP) is 3.06. The largest absolute Gasteiger partial charge is 0.378 e. The highest BCUT2D eigenvalue weighted by Crippen LogP contribution is 2.32. The van der Waals surface area contributed by atoms with Gasteiger partial charge in [-0.05, 0) is 30.3 Å². The molecule has 10 nitrogen and oxygen atoms in total. The minimum atomic E-state index is -0.555. The van der Waals surface area contributed by atoms with Gasteiger partial charge in [-0.2, -0.15) is 10.4 Å². The highest BCUT2D eigenvalue weighted by molar-refractivity contribution is 6.30. The van der Waals surface area contributed by atoms with E-state index in [1.54, 1.807) is 41.1 Å². The standard InChI is InChI=1S/C25H24ClN7O3/c26-18-3-1-2-16(12-18)23-22(21-15-32(25(28)35)6-7-33(21)30-23)24(34)29-19-5-4-17(14-27)20(13-19)31-8-10-36-11-9-31/h1-5,12-13H,6-11,15H2,(H2,28,35)(H,29,34). The maximum absolute atomic E-state index is 13.7. The predicted molar refractivity (Wildman–Crippen MR) is 135 cm³/mol.